The van der Waals surface area contributed by atoms with E-state index in [1.807, 2.05) is 0 Å². The van der Waals surface area contributed by atoms with Crippen LogP contribution in [0.25, 0.3) is 0 Å². The first-order chi connectivity index (χ1) is 9.69. The number of hydrogen-bond acceptors (Lipinski definition) is 1. The summed E-state index contributed by atoms with van der Waals surface area (Å²) in [6.45, 7) is 1.00. The molecule has 0 aromatic heterocycles. The average Bonchev–Trinajstić information content (AvgIpc) is 3.01. The Hall–Kier alpha value is -0.530. The number of carbonyl (C=O) groups excluding carboxylic acids is 1. The molecule has 110 valence electrons. The van der Waals surface area contributed by atoms with Gasteiger partial charge < -0.3 is 5.32 Å². The summed E-state index contributed by atoms with van der Waals surface area (Å²) in [6, 6.07) is 0. The zero-order chi connectivity index (χ0) is 13.3. The monoisotopic (exact) mass is 273 g/mol. The summed E-state index contributed by atoms with van der Waals surface area (Å²) in [4.78, 5) is 12.4. The molecule has 0 heterocycles. The lowest BCUT2D eigenvalue weighted by atomic mass is 9.49. The van der Waals surface area contributed by atoms with Gasteiger partial charge in [0, 0.05) is 12.5 Å². The average molecular weight is 273 g/mol. The SMILES string of the molecule is O=C(NCC12CC3CC(CC(C3)C1)C2)C1CC2CC2C1. The van der Waals surface area contributed by atoms with Crippen molar-refractivity contribution < 1.29 is 4.79 Å². The van der Waals surface area contributed by atoms with Gasteiger partial charge in [0.05, 0.1) is 0 Å². The second-order valence-corrected chi connectivity index (χ2v) is 9.06. The minimum Gasteiger partial charge on any atom is -0.355 e. The number of amides is 1. The number of hydrogen-bond donors (Lipinski definition) is 1. The van der Waals surface area contributed by atoms with E-state index in [4.69, 9.17) is 0 Å². The molecule has 0 aromatic rings. The van der Waals surface area contributed by atoms with Crippen LogP contribution in [0.4, 0.5) is 0 Å². The van der Waals surface area contributed by atoms with E-state index >= 15 is 0 Å². The molecular weight excluding hydrogens is 246 g/mol. The van der Waals surface area contributed by atoms with E-state index < -0.39 is 0 Å². The molecule has 0 aliphatic heterocycles. The van der Waals surface area contributed by atoms with Crippen molar-refractivity contribution in [2.24, 2.45) is 40.9 Å². The van der Waals surface area contributed by atoms with E-state index in [9.17, 15) is 4.79 Å². The van der Waals surface area contributed by atoms with Gasteiger partial charge in [-0.15, -0.1) is 0 Å². The molecule has 2 unspecified atom stereocenters. The third kappa shape index (κ3) is 1.86. The van der Waals surface area contributed by atoms with E-state index in [0.717, 1.165) is 36.1 Å². The molecule has 0 spiro atoms. The number of rotatable bonds is 3. The highest BCUT2D eigenvalue weighted by molar-refractivity contribution is 5.79. The zero-order valence-corrected chi connectivity index (χ0v) is 12.4. The van der Waals surface area contributed by atoms with Crippen molar-refractivity contribution in [3.05, 3.63) is 0 Å². The molecule has 0 radical (unpaired) electrons. The predicted octanol–water partition coefficient (Wildman–Crippen LogP) is 3.37. The summed E-state index contributed by atoms with van der Waals surface area (Å²) >= 11 is 0. The van der Waals surface area contributed by atoms with Crippen molar-refractivity contribution in [1.29, 1.82) is 0 Å². The Morgan fingerprint density at radius 1 is 0.850 bits per heavy atom. The molecule has 2 heteroatoms. The van der Waals surface area contributed by atoms with E-state index in [1.54, 1.807) is 0 Å². The van der Waals surface area contributed by atoms with Crippen molar-refractivity contribution in [3.8, 4) is 0 Å². The van der Waals surface area contributed by atoms with Gasteiger partial charge in [-0.3, -0.25) is 4.79 Å². The largest absolute Gasteiger partial charge is 0.355 e. The molecule has 6 rings (SSSR count). The molecule has 0 saturated heterocycles. The number of nitrogens with one attached hydrogen (secondary N) is 1. The van der Waals surface area contributed by atoms with Crippen LogP contribution in [0.5, 0.6) is 0 Å². The van der Waals surface area contributed by atoms with Crippen LogP contribution in [-0.4, -0.2) is 12.5 Å². The first-order valence-corrected chi connectivity index (χ1v) is 8.97. The van der Waals surface area contributed by atoms with E-state index in [0.29, 0.717) is 17.2 Å². The first kappa shape index (κ1) is 12.1. The summed E-state index contributed by atoms with van der Waals surface area (Å²) in [7, 11) is 0. The van der Waals surface area contributed by atoms with Crippen LogP contribution < -0.4 is 5.32 Å². The third-order valence-corrected chi connectivity index (χ3v) is 7.42. The van der Waals surface area contributed by atoms with Gasteiger partial charge in [0.15, 0.2) is 0 Å². The first-order valence-electron chi connectivity index (χ1n) is 8.97. The Labute approximate surface area is 122 Å². The number of fused-ring (bicyclic) bond motifs is 1. The van der Waals surface area contributed by atoms with Crippen LogP contribution in [-0.2, 0) is 4.79 Å². The molecule has 4 bridgehead atoms. The molecule has 6 aliphatic rings. The van der Waals surface area contributed by atoms with E-state index in [1.165, 1.54) is 57.8 Å². The maximum Gasteiger partial charge on any atom is 0.223 e. The standard InChI is InChI=1S/C18H27NO/c20-17(16-5-14-4-15(14)6-16)19-10-18-7-11-1-12(8-18)3-13(2-11)9-18/h11-16H,1-10H2,(H,19,20). The minimum absolute atomic E-state index is 0.368. The molecule has 1 amide bonds. The molecular formula is C18H27NO. The highest BCUT2D eigenvalue weighted by atomic mass is 16.1. The second-order valence-electron chi connectivity index (χ2n) is 9.06. The quantitative estimate of drug-likeness (QED) is 0.839. The van der Waals surface area contributed by atoms with Gasteiger partial charge in [-0.25, -0.2) is 0 Å². The van der Waals surface area contributed by atoms with Gasteiger partial charge in [0.2, 0.25) is 5.91 Å². The Kier molecular flexibility index (Phi) is 2.42. The summed E-state index contributed by atoms with van der Waals surface area (Å²) in [6.07, 6.45) is 12.5. The molecule has 2 atom stereocenters. The fourth-order valence-corrected chi connectivity index (χ4v) is 6.85. The molecule has 0 aromatic carbocycles. The zero-order valence-electron chi connectivity index (χ0n) is 12.4. The summed E-state index contributed by atoms with van der Waals surface area (Å²) in [5.74, 6) is 5.60. The van der Waals surface area contributed by atoms with Gasteiger partial charge in [-0.05, 0) is 92.8 Å². The van der Waals surface area contributed by atoms with Gasteiger partial charge >= 0.3 is 0 Å². The second kappa shape index (κ2) is 4.01. The van der Waals surface area contributed by atoms with Crippen LogP contribution in [0.15, 0.2) is 0 Å². The number of carbonyl (C=O) groups is 1. The predicted molar refractivity (Wildman–Crippen MR) is 77.9 cm³/mol. The summed E-state index contributed by atoms with van der Waals surface area (Å²) in [5.41, 5.74) is 0.506. The van der Waals surface area contributed by atoms with Gasteiger partial charge in [-0.2, -0.15) is 0 Å². The molecule has 1 N–H and O–H groups in total. The van der Waals surface area contributed by atoms with Gasteiger partial charge in [0.1, 0.15) is 0 Å². The van der Waals surface area contributed by atoms with Crippen LogP contribution in [0, 0.1) is 40.9 Å². The molecule has 6 aliphatic carbocycles. The minimum atomic E-state index is 0.368. The third-order valence-electron chi connectivity index (χ3n) is 7.42. The fraction of sp³-hybridized carbons (Fsp3) is 0.944. The summed E-state index contributed by atoms with van der Waals surface area (Å²) in [5, 5.41) is 3.38. The smallest absolute Gasteiger partial charge is 0.223 e. The normalized spacial score (nSPS) is 54.8. The van der Waals surface area contributed by atoms with E-state index in [-0.39, 0.29) is 0 Å². The highest BCUT2D eigenvalue weighted by Crippen LogP contribution is 2.60. The van der Waals surface area contributed by atoms with Crippen LogP contribution in [0.2, 0.25) is 0 Å². The molecule has 20 heavy (non-hydrogen) atoms. The maximum atomic E-state index is 12.4. The van der Waals surface area contributed by atoms with Gasteiger partial charge in [-0.1, -0.05) is 0 Å². The lowest BCUT2D eigenvalue weighted by Gasteiger charge is -2.57. The van der Waals surface area contributed by atoms with Crippen LogP contribution >= 0.6 is 0 Å². The topological polar surface area (TPSA) is 29.1 Å². The Balaban J connectivity index is 1.22. The highest BCUT2D eigenvalue weighted by Gasteiger charge is 2.51. The summed E-state index contributed by atoms with van der Waals surface area (Å²) < 4.78 is 0. The van der Waals surface area contributed by atoms with Gasteiger partial charge in [0.25, 0.3) is 0 Å². The lowest BCUT2D eigenvalue weighted by molar-refractivity contribution is -0.127. The van der Waals surface area contributed by atoms with E-state index in [2.05, 4.69) is 5.32 Å². The van der Waals surface area contributed by atoms with Crippen molar-refractivity contribution in [2.45, 2.75) is 57.8 Å². The Morgan fingerprint density at radius 2 is 1.40 bits per heavy atom. The van der Waals surface area contributed by atoms with Crippen LogP contribution in [0.1, 0.15) is 57.8 Å². The molecule has 2 nitrogen and oxygen atoms in total. The fourth-order valence-electron chi connectivity index (χ4n) is 6.85. The lowest BCUT2D eigenvalue weighted by Crippen LogP contribution is -2.51. The van der Waals surface area contributed by atoms with Crippen molar-refractivity contribution in [1.82, 2.24) is 5.32 Å². The molecule has 6 saturated carbocycles. The Bertz CT molecular complexity index is 397. The van der Waals surface area contributed by atoms with Crippen molar-refractivity contribution in [2.75, 3.05) is 6.54 Å². The molecule has 6 fully saturated rings. The Morgan fingerprint density at radius 3 is 1.95 bits per heavy atom. The van der Waals surface area contributed by atoms with Crippen molar-refractivity contribution in [3.63, 3.8) is 0 Å². The van der Waals surface area contributed by atoms with Crippen LogP contribution in [0.3, 0.4) is 0 Å². The van der Waals surface area contributed by atoms with Crippen molar-refractivity contribution >= 4 is 5.91 Å². The maximum absolute atomic E-state index is 12.4.